The fraction of sp³-hybridized carbons (Fsp3) is 0.702. The van der Waals surface area contributed by atoms with Crippen molar-refractivity contribution in [1.29, 1.82) is 0 Å². The van der Waals surface area contributed by atoms with Gasteiger partial charge in [0.25, 0.3) is 0 Å². The monoisotopic (exact) mass is 1890 g/mol. The van der Waals surface area contributed by atoms with Crippen molar-refractivity contribution in [2.75, 3.05) is 19.8 Å². The largest absolute Gasteiger partial charge is 0.530 e. The number of hydrogen-bond donors (Lipinski definition) is 0. The van der Waals surface area contributed by atoms with Crippen LogP contribution in [0.15, 0.2) is 109 Å². The predicted octanol–water partition coefficient (Wildman–Crippen LogP) is 41.7. The molecular weight excluding hydrogens is 1690 g/mol. The third kappa shape index (κ3) is 49.8. The fourth-order valence-corrected chi connectivity index (χ4v) is 21.8. The van der Waals surface area contributed by atoms with Crippen molar-refractivity contribution in [3.8, 4) is 34.5 Å². The van der Waals surface area contributed by atoms with Crippen LogP contribution in [0.4, 0.5) is 0 Å². The minimum Gasteiger partial charge on any atom is -0.426 e. The Bertz CT molecular complexity index is 3800. The Morgan fingerprint density at radius 3 is 0.707 bits per heavy atom. The van der Waals surface area contributed by atoms with Gasteiger partial charge in [-0.05, 0) is 212 Å². The number of hydrogen-bond acceptors (Lipinski definition) is 9. The van der Waals surface area contributed by atoms with E-state index >= 15 is 0 Å². The van der Waals surface area contributed by atoms with Gasteiger partial charge in [0.05, 0.1) is 19.8 Å². The number of unbranched alkanes of at least 4 members (excludes halogenated alkanes) is 48. The summed E-state index contributed by atoms with van der Waals surface area (Å²) in [5, 5.41) is 0. The van der Waals surface area contributed by atoms with E-state index in [9.17, 15) is 0 Å². The summed E-state index contributed by atoms with van der Waals surface area (Å²) in [7, 11) is -5.52. The lowest BCUT2D eigenvalue weighted by Crippen LogP contribution is -2.19. The Morgan fingerprint density at radius 2 is 0.444 bits per heavy atom. The smallest absolute Gasteiger partial charge is 0.426 e. The van der Waals surface area contributed by atoms with Crippen molar-refractivity contribution in [2.24, 2.45) is 0 Å². The van der Waals surface area contributed by atoms with Crippen LogP contribution in [0.5, 0.6) is 34.5 Å². The van der Waals surface area contributed by atoms with E-state index in [0.29, 0.717) is 19.8 Å². The molecule has 0 spiro atoms. The summed E-state index contributed by atoms with van der Waals surface area (Å²) in [4.78, 5) is 0. The molecule has 0 aromatic heterocycles. The van der Waals surface area contributed by atoms with Crippen LogP contribution in [0.2, 0.25) is 0 Å². The zero-order valence-electron chi connectivity index (χ0n) is 89.2. The Labute approximate surface area is 823 Å². The highest BCUT2D eigenvalue weighted by molar-refractivity contribution is 7.43. The van der Waals surface area contributed by atoms with E-state index in [1.165, 1.54) is 353 Å². The molecule has 133 heavy (non-hydrogen) atoms. The van der Waals surface area contributed by atoms with Crippen LogP contribution in [0.1, 0.15) is 543 Å². The molecule has 6 rings (SSSR count). The van der Waals surface area contributed by atoms with Crippen LogP contribution in [-0.4, -0.2) is 19.8 Å². The summed E-state index contributed by atoms with van der Waals surface area (Å²) in [6, 6.07) is 40.5. The molecule has 0 saturated carbocycles. The molecule has 0 amide bonds. The summed E-state index contributed by atoms with van der Waals surface area (Å²) >= 11 is 0. The quantitative estimate of drug-likeness (QED) is 0.0274. The molecule has 752 valence electrons. The van der Waals surface area contributed by atoms with Crippen LogP contribution < -0.4 is 27.1 Å². The Hall–Kier alpha value is -4.71. The van der Waals surface area contributed by atoms with E-state index in [1.807, 2.05) is 0 Å². The molecule has 9 nitrogen and oxygen atoms in total. The van der Waals surface area contributed by atoms with E-state index < -0.39 is 25.8 Å². The number of aryl methyl sites for hydroxylation is 6. The van der Waals surface area contributed by atoms with Crippen molar-refractivity contribution in [3.05, 3.63) is 176 Å². The normalized spacial score (nSPS) is 12.8. The highest BCUT2D eigenvalue weighted by atomic mass is 31.2. The summed E-state index contributed by atoms with van der Waals surface area (Å²) in [5.74, 6) is 4.70. The Balaban J connectivity index is 1.43. The van der Waals surface area contributed by atoms with Crippen LogP contribution in [0.25, 0.3) is 0 Å². The predicted molar refractivity (Wildman–Crippen MR) is 581 cm³/mol. The zero-order valence-corrected chi connectivity index (χ0v) is 91.9. The molecule has 6 aromatic carbocycles. The molecule has 0 aliphatic heterocycles. The van der Waals surface area contributed by atoms with Crippen molar-refractivity contribution in [1.82, 2.24) is 0 Å². The minimum atomic E-state index is -1.97. The number of rotatable bonds is 80. The van der Waals surface area contributed by atoms with E-state index in [4.69, 9.17) is 40.7 Å². The van der Waals surface area contributed by atoms with Gasteiger partial charge in [0.15, 0.2) is 0 Å². The van der Waals surface area contributed by atoms with Crippen molar-refractivity contribution in [3.63, 3.8) is 0 Å². The summed E-state index contributed by atoms with van der Waals surface area (Å²) in [6.45, 7) is 46.0. The molecule has 0 aliphatic carbocycles. The maximum absolute atomic E-state index is 7.37. The standard InChI is InChI=1S/C121H199O9P3/c1-20-26-32-38-44-47-50-53-56-59-65-71-89-122-131(123-90-72-66-60-57-54-51-48-45-39-33-27-21-2)128-116-94-101(9)110(97-114(116)120(14,15)16)112(111-98-115(121(17,18)19)117(95-102(111)10)129-132(124-91-73-67-61-58-55-52-49-46-40-34-28-22-3)125-106-83-77-103(78-84-106)74-68-62-41-35-29-23-4)92-99(7)109-96-113(119(11,12)13)118(93-100(109)8)130-133(126-107-85-79-104(80-86-107)75-69-63-42-36-30-24-5)127-108-87-81-105(82-88-108)76-70-64-43-37-31-25-6/h77-88,93-99,112H,20-76,89-92H2,1-19H3. The first kappa shape index (κ1) is 117. The molecule has 0 fully saturated rings. The van der Waals surface area contributed by atoms with Crippen molar-refractivity contribution < 1.29 is 40.7 Å². The third-order valence-electron chi connectivity index (χ3n) is 27.3. The van der Waals surface area contributed by atoms with Gasteiger partial charge in [0.2, 0.25) is 0 Å². The highest BCUT2D eigenvalue weighted by Crippen LogP contribution is 2.53. The molecule has 0 aliphatic rings. The first-order valence-corrected chi connectivity index (χ1v) is 58.8. The van der Waals surface area contributed by atoms with E-state index in [2.05, 4.69) is 241 Å². The molecule has 0 heterocycles. The highest BCUT2D eigenvalue weighted by Gasteiger charge is 2.35. The van der Waals surface area contributed by atoms with Gasteiger partial charge in [-0.25, -0.2) is 0 Å². The minimum absolute atomic E-state index is 0.0713. The third-order valence-corrected chi connectivity index (χ3v) is 30.6. The summed E-state index contributed by atoms with van der Waals surface area (Å²) < 4.78 is 63.6. The van der Waals surface area contributed by atoms with E-state index in [0.717, 1.165) is 121 Å². The second-order valence-corrected chi connectivity index (χ2v) is 46.1. The molecule has 0 saturated heterocycles. The van der Waals surface area contributed by atoms with E-state index in [-0.39, 0.29) is 28.1 Å². The molecule has 3 atom stereocenters. The van der Waals surface area contributed by atoms with Crippen LogP contribution in [-0.2, 0) is 49.1 Å². The van der Waals surface area contributed by atoms with Gasteiger partial charge < -0.3 is 36.2 Å². The van der Waals surface area contributed by atoms with Crippen LogP contribution in [0.3, 0.4) is 0 Å². The van der Waals surface area contributed by atoms with E-state index in [1.54, 1.807) is 0 Å². The van der Waals surface area contributed by atoms with Gasteiger partial charge in [0.1, 0.15) is 34.5 Å². The van der Waals surface area contributed by atoms with Gasteiger partial charge in [-0.2, -0.15) is 0 Å². The Morgan fingerprint density at radius 1 is 0.233 bits per heavy atom. The molecule has 12 heteroatoms. The second kappa shape index (κ2) is 70.0. The molecule has 0 radical (unpaired) electrons. The fourth-order valence-electron chi connectivity index (χ4n) is 18.7. The van der Waals surface area contributed by atoms with Gasteiger partial charge in [-0.15, -0.1) is 0 Å². The zero-order chi connectivity index (χ0) is 96.0. The van der Waals surface area contributed by atoms with Gasteiger partial charge >= 0.3 is 25.8 Å². The molecule has 3 unspecified atom stereocenters. The lowest BCUT2D eigenvalue weighted by molar-refractivity contribution is 0.197. The van der Waals surface area contributed by atoms with Gasteiger partial charge in [0, 0.05) is 22.6 Å². The summed E-state index contributed by atoms with van der Waals surface area (Å²) in [5.41, 5.74) is 13.8. The summed E-state index contributed by atoms with van der Waals surface area (Å²) in [6.07, 6.45) is 73.6. The van der Waals surface area contributed by atoms with Gasteiger partial charge in [-0.1, -0.05) is 474 Å². The average molecular weight is 1890 g/mol. The SMILES string of the molecule is CCCCCCCCCCCCCCOP(OCCCCCCCCCCCCCC)Oc1cc(C)c(C(CC(C)c2cc(C(C)(C)C)c(OP(Oc3ccc(CCCCCCCC)cc3)Oc3ccc(CCCCCCCC)cc3)cc2C)c2cc(C(C)(C)C)c(OP(OCCCCCCCCCCCCCC)Oc3ccc(CCCCCCCC)cc3)cc2C)cc1C(C)(C)C. The maximum atomic E-state index is 7.37. The Kier molecular flexibility index (Phi) is 61.6. The first-order valence-electron chi connectivity index (χ1n) is 55.5. The number of benzene rings is 6. The molecule has 0 N–H and O–H groups in total. The molecule has 0 bridgehead atoms. The topological polar surface area (TPSA) is 83.1 Å². The molecule has 6 aromatic rings. The average Bonchev–Trinajstić information content (AvgIpc) is 0.761. The van der Waals surface area contributed by atoms with Crippen LogP contribution >= 0.6 is 25.8 Å². The van der Waals surface area contributed by atoms with Gasteiger partial charge in [-0.3, -0.25) is 4.52 Å². The maximum Gasteiger partial charge on any atom is 0.530 e. The second-order valence-electron chi connectivity index (χ2n) is 42.9. The lowest BCUT2D eigenvalue weighted by atomic mass is 9.74. The molecular formula is C121H199O9P3. The van der Waals surface area contributed by atoms with Crippen molar-refractivity contribution >= 4 is 25.8 Å². The lowest BCUT2D eigenvalue weighted by Gasteiger charge is -2.33. The van der Waals surface area contributed by atoms with Crippen molar-refractivity contribution in [2.45, 2.75) is 532 Å². The first-order chi connectivity index (χ1) is 64.4. The van der Waals surface area contributed by atoms with Crippen LogP contribution in [0, 0.1) is 20.8 Å².